The molecule has 1 aromatic heterocycles. The van der Waals surface area contributed by atoms with Gasteiger partial charge in [0.2, 0.25) is 6.33 Å². The van der Waals surface area contributed by atoms with Gasteiger partial charge in [-0.2, -0.15) is 0 Å². The van der Waals surface area contributed by atoms with Crippen molar-refractivity contribution in [1.82, 2.24) is 4.57 Å². The molecule has 17 heteroatoms. The van der Waals surface area contributed by atoms with Gasteiger partial charge in [-0.05, 0) is 6.92 Å². The van der Waals surface area contributed by atoms with Crippen LogP contribution in [0.25, 0.3) is 0 Å². The van der Waals surface area contributed by atoms with E-state index >= 15 is 0 Å². The number of aryl methyl sites for hydroxylation is 2. The lowest BCUT2D eigenvalue weighted by Crippen LogP contribution is -2.23. The van der Waals surface area contributed by atoms with Crippen LogP contribution in [0, 0.1) is 0 Å². The zero-order valence-electron chi connectivity index (χ0n) is 14.3. The Morgan fingerprint density at radius 2 is 0.923 bits per heavy atom. The topological polar surface area (TPSA) is 8.81 Å². The molecule has 1 heterocycles. The predicted octanol–water partition coefficient (Wildman–Crippen LogP) is 5.65. The molecule has 0 bridgehead atoms. The molecular weight excluding hydrogens is 397 g/mol. The molecule has 0 N–H and O–H groups in total. The lowest BCUT2D eigenvalue weighted by molar-refractivity contribution is -0.671. The van der Waals surface area contributed by atoms with Crippen molar-refractivity contribution in [2.24, 2.45) is 7.05 Å². The molecule has 0 aliphatic rings. The number of imidazole rings is 1. The first kappa shape index (κ1) is 32.3. The van der Waals surface area contributed by atoms with Crippen molar-refractivity contribution >= 4 is 21.8 Å². The van der Waals surface area contributed by atoms with Gasteiger partial charge in [-0.1, -0.05) is 20.3 Å². The summed E-state index contributed by atoms with van der Waals surface area (Å²) in [5.74, 6) is 0. The van der Waals surface area contributed by atoms with Crippen LogP contribution in [0.2, 0.25) is 0 Å². The molecular formula is C9H19B3F12N2-2. The van der Waals surface area contributed by atoms with Crippen LogP contribution < -0.4 is 4.57 Å². The summed E-state index contributed by atoms with van der Waals surface area (Å²) in [7, 11) is -16.0. The number of hydrogen-bond acceptors (Lipinski definition) is 0. The van der Waals surface area contributed by atoms with E-state index in [0.29, 0.717) is 0 Å². The van der Waals surface area contributed by atoms with Crippen molar-refractivity contribution < 1.29 is 56.4 Å². The van der Waals surface area contributed by atoms with Crippen LogP contribution in [-0.2, 0) is 13.6 Å². The third-order valence-corrected chi connectivity index (χ3v) is 1.19. The third kappa shape index (κ3) is 115. The van der Waals surface area contributed by atoms with Gasteiger partial charge < -0.3 is 51.8 Å². The quantitative estimate of drug-likeness (QED) is 0.318. The van der Waals surface area contributed by atoms with E-state index in [-0.39, 0.29) is 0 Å². The van der Waals surface area contributed by atoms with Crippen LogP contribution in [0.5, 0.6) is 0 Å². The summed E-state index contributed by atoms with van der Waals surface area (Å²) in [5.41, 5.74) is 0. The average molecular weight is 416 g/mol. The van der Waals surface area contributed by atoms with Gasteiger partial charge in [0.05, 0.1) is 13.6 Å². The number of aromatic nitrogens is 2. The normalized spacial score (nSPS) is 10.6. The van der Waals surface area contributed by atoms with E-state index in [0.717, 1.165) is 6.54 Å². The molecule has 0 saturated heterocycles. The van der Waals surface area contributed by atoms with Crippen LogP contribution in [0.1, 0.15) is 27.2 Å². The van der Waals surface area contributed by atoms with Crippen LogP contribution in [-0.4, -0.2) is 26.3 Å². The lowest BCUT2D eigenvalue weighted by Gasteiger charge is -1.94. The molecule has 0 aliphatic carbocycles. The van der Waals surface area contributed by atoms with Gasteiger partial charge >= 0.3 is 21.8 Å². The molecule has 160 valence electrons. The van der Waals surface area contributed by atoms with E-state index in [9.17, 15) is 51.8 Å². The lowest BCUT2D eigenvalue weighted by atomic mass is 10.3. The molecule has 0 radical (unpaired) electrons. The predicted molar refractivity (Wildman–Crippen MR) is 77.8 cm³/mol. The maximum atomic E-state index is 9.75. The van der Waals surface area contributed by atoms with Crippen molar-refractivity contribution in [3.8, 4) is 0 Å². The Balaban J connectivity index is -0.000000121. The number of nitrogens with zero attached hydrogens (tertiary/aromatic N) is 2. The van der Waals surface area contributed by atoms with E-state index in [2.05, 4.69) is 37.9 Å². The smallest absolute Gasteiger partial charge is 0.418 e. The Morgan fingerprint density at radius 1 is 0.692 bits per heavy atom. The summed E-state index contributed by atoms with van der Waals surface area (Å²) >= 11 is 0. The van der Waals surface area contributed by atoms with Gasteiger partial charge in [-0.15, -0.1) is 0 Å². The van der Waals surface area contributed by atoms with Gasteiger partial charge in [-0.25, -0.2) is 9.13 Å². The zero-order valence-corrected chi connectivity index (χ0v) is 14.3. The van der Waals surface area contributed by atoms with Crippen LogP contribution in [0.4, 0.5) is 51.8 Å². The summed E-state index contributed by atoms with van der Waals surface area (Å²) in [6, 6.07) is 0. The van der Waals surface area contributed by atoms with E-state index < -0.39 is 21.8 Å². The van der Waals surface area contributed by atoms with Gasteiger partial charge in [0.25, 0.3) is 0 Å². The minimum Gasteiger partial charge on any atom is -0.418 e. The van der Waals surface area contributed by atoms with Crippen LogP contribution in [0.3, 0.4) is 0 Å². The molecule has 0 fully saturated rings. The van der Waals surface area contributed by atoms with Gasteiger partial charge in [-0.3, -0.25) is 0 Å². The van der Waals surface area contributed by atoms with Gasteiger partial charge in [0.15, 0.2) is 0 Å². The Hall–Kier alpha value is -1.44. The number of rotatable bonds is 1. The van der Waals surface area contributed by atoms with E-state index in [4.69, 9.17) is 0 Å². The highest BCUT2D eigenvalue weighted by Gasteiger charge is 2.21. The highest BCUT2D eigenvalue weighted by molar-refractivity contribution is 6.50. The summed E-state index contributed by atoms with van der Waals surface area (Å²) < 4.78 is 121. The molecule has 0 aromatic carbocycles. The highest BCUT2D eigenvalue weighted by Crippen LogP contribution is 2.07. The first-order chi connectivity index (χ1) is 11.2. The molecule has 1 rings (SSSR count). The Bertz CT molecular complexity index is 369. The van der Waals surface area contributed by atoms with Crippen molar-refractivity contribution in [3.05, 3.63) is 18.7 Å². The summed E-state index contributed by atoms with van der Waals surface area (Å²) in [6.45, 7) is 7.43. The van der Waals surface area contributed by atoms with E-state index in [1.807, 2.05) is 17.8 Å². The van der Waals surface area contributed by atoms with E-state index in [1.54, 1.807) is 0 Å². The summed E-state index contributed by atoms with van der Waals surface area (Å²) in [6.07, 6.45) is 7.39. The van der Waals surface area contributed by atoms with E-state index in [1.165, 1.54) is 6.42 Å². The fourth-order valence-electron chi connectivity index (χ4n) is 0.689. The fourth-order valence-corrected chi connectivity index (χ4v) is 0.689. The minimum atomic E-state index is -6.00. The van der Waals surface area contributed by atoms with Crippen molar-refractivity contribution in [2.75, 3.05) is 0 Å². The maximum absolute atomic E-state index is 9.75. The summed E-state index contributed by atoms with van der Waals surface area (Å²) in [5, 5.41) is 0. The molecule has 0 unspecified atom stereocenters. The van der Waals surface area contributed by atoms with Crippen molar-refractivity contribution in [2.45, 2.75) is 33.7 Å². The number of hydrogen-bond donors (Lipinski definition) is 0. The van der Waals surface area contributed by atoms with Gasteiger partial charge in [0, 0.05) is 0 Å². The SMILES string of the molecule is CCC.CCn1cc[n+](C)c1.F[B-](F)(F)F.F[B-](F)(F)F.F[B-](F)(F)F. The Kier molecular flexibility index (Phi) is 19.6. The zero-order chi connectivity index (χ0) is 22.2. The first-order valence-corrected chi connectivity index (χ1v) is 6.87. The van der Waals surface area contributed by atoms with Crippen LogP contribution in [0.15, 0.2) is 18.7 Å². The average Bonchev–Trinajstić information content (AvgIpc) is 2.69. The minimum absolute atomic E-state index is 1.06. The second kappa shape index (κ2) is 15.8. The third-order valence-electron chi connectivity index (χ3n) is 1.19. The first-order valence-electron chi connectivity index (χ1n) is 6.87. The van der Waals surface area contributed by atoms with Crippen LogP contribution >= 0.6 is 0 Å². The Morgan fingerprint density at radius 3 is 1.00 bits per heavy atom. The molecule has 0 amide bonds. The Labute approximate surface area is 143 Å². The van der Waals surface area contributed by atoms with Crippen molar-refractivity contribution in [1.29, 1.82) is 0 Å². The fraction of sp³-hybridized carbons (Fsp3) is 0.667. The molecule has 0 atom stereocenters. The highest BCUT2D eigenvalue weighted by atomic mass is 19.5. The molecule has 0 spiro atoms. The number of halogens is 12. The molecule has 0 saturated carbocycles. The summed E-state index contributed by atoms with van der Waals surface area (Å²) in [4.78, 5) is 0. The monoisotopic (exact) mass is 416 g/mol. The largest absolute Gasteiger partial charge is 0.673 e. The second-order valence-electron chi connectivity index (χ2n) is 4.10. The maximum Gasteiger partial charge on any atom is 0.673 e. The molecule has 0 aliphatic heterocycles. The molecule has 1 aromatic rings. The van der Waals surface area contributed by atoms with Crippen molar-refractivity contribution in [3.63, 3.8) is 0 Å². The second-order valence-corrected chi connectivity index (χ2v) is 4.10. The molecule has 26 heavy (non-hydrogen) atoms. The molecule has 2 nitrogen and oxygen atoms in total. The standard InChI is InChI=1S/C6H11N2.C3H8.3BF4/c1-3-8-5-4-7(2)6-8;1-3-2;3*2-1(3,4)5/h4-6H,3H2,1-2H3;3H2,1-2H3;;;/q+1;;3*-1. The van der Waals surface area contributed by atoms with Gasteiger partial charge in [0.1, 0.15) is 12.4 Å².